The number of halogens is 2. The van der Waals surface area contributed by atoms with Gasteiger partial charge in [0.05, 0.1) is 11.9 Å². The van der Waals surface area contributed by atoms with Crippen LogP contribution in [0.15, 0.2) is 72.8 Å². The molecule has 1 saturated carbocycles. The molecule has 0 heterocycles. The van der Waals surface area contributed by atoms with Crippen LogP contribution in [-0.2, 0) is 32.6 Å². The van der Waals surface area contributed by atoms with Crippen LogP contribution in [0.25, 0.3) is 0 Å². The zero-order valence-corrected chi connectivity index (χ0v) is 26.3. The number of carbonyl (C=O) groups is 2. The number of anilines is 1. The topological polar surface area (TPSA) is 86.8 Å². The zero-order valence-electron chi connectivity index (χ0n) is 23.9. The van der Waals surface area contributed by atoms with Crippen LogP contribution in [0.4, 0.5) is 5.69 Å². The van der Waals surface area contributed by atoms with E-state index < -0.39 is 28.5 Å². The summed E-state index contributed by atoms with van der Waals surface area (Å²) in [6.07, 6.45) is 6.26. The number of aryl methyl sites for hydroxylation is 1. The van der Waals surface area contributed by atoms with E-state index in [4.69, 9.17) is 23.2 Å². The van der Waals surface area contributed by atoms with Gasteiger partial charge in [-0.25, -0.2) is 8.42 Å². The van der Waals surface area contributed by atoms with E-state index in [1.165, 1.54) is 4.90 Å². The Morgan fingerprint density at radius 2 is 1.57 bits per heavy atom. The summed E-state index contributed by atoms with van der Waals surface area (Å²) in [5, 5.41) is 3.89. The first-order chi connectivity index (χ1) is 20.0. The van der Waals surface area contributed by atoms with Gasteiger partial charge in [-0.3, -0.25) is 13.9 Å². The first-order valence-corrected chi connectivity index (χ1v) is 16.7. The molecule has 1 aliphatic carbocycles. The molecule has 224 valence electrons. The molecule has 0 unspecified atom stereocenters. The van der Waals surface area contributed by atoms with Crippen molar-refractivity contribution in [3.05, 3.63) is 99.5 Å². The minimum atomic E-state index is -3.85. The van der Waals surface area contributed by atoms with E-state index >= 15 is 0 Å². The molecular weight excluding hydrogens is 593 g/mol. The number of nitrogens with zero attached hydrogens (tertiary/aromatic N) is 2. The van der Waals surface area contributed by atoms with Crippen molar-refractivity contribution < 1.29 is 18.0 Å². The first kappa shape index (κ1) is 31.9. The van der Waals surface area contributed by atoms with Crippen LogP contribution in [0.2, 0.25) is 10.0 Å². The van der Waals surface area contributed by atoms with Crippen molar-refractivity contribution in [2.24, 2.45) is 0 Å². The molecule has 3 aromatic carbocycles. The Morgan fingerprint density at radius 3 is 2.19 bits per heavy atom. The van der Waals surface area contributed by atoms with Gasteiger partial charge in [-0.05, 0) is 55.2 Å². The van der Waals surface area contributed by atoms with Crippen molar-refractivity contribution in [2.45, 2.75) is 64.1 Å². The highest BCUT2D eigenvalue weighted by Gasteiger charge is 2.34. The van der Waals surface area contributed by atoms with Crippen molar-refractivity contribution in [1.82, 2.24) is 10.2 Å². The van der Waals surface area contributed by atoms with E-state index in [0.717, 1.165) is 53.8 Å². The van der Waals surface area contributed by atoms with Gasteiger partial charge in [-0.2, -0.15) is 0 Å². The van der Waals surface area contributed by atoms with Crippen LogP contribution in [0.3, 0.4) is 0 Å². The number of amides is 2. The van der Waals surface area contributed by atoms with Crippen molar-refractivity contribution >= 4 is 50.7 Å². The molecule has 7 nitrogen and oxygen atoms in total. The highest BCUT2D eigenvalue weighted by molar-refractivity contribution is 7.92. The number of hydrogen-bond donors (Lipinski definition) is 1. The number of benzene rings is 3. The summed E-state index contributed by atoms with van der Waals surface area (Å²) in [7, 11) is -3.85. The molecule has 0 aliphatic heterocycles. The number of rotatable bonds is 11. The number of nitrogens with one attached hydrogen (secondary N) is 1. The second kappa shape index (κ2) is 14.4. The maximum Gasteiger partial charge on any atom is 0.244 e. The minimum Gasteiger partial charge on any atom is -0.352 e. The Morgan fingerprint density at radius 1 is 0.929 bits per heavy atom. The third-order valence-corrected chi connectivity index (χ3v) is 9.43. The molecule has 1 aliphatic rings. The fraction of sp³-hybridized carbons (Fsp3) is 0.375. The molecule has 4 rings (SSSR count). The lowest BCUT2D eigenvalue weighted by Gasteiger charge is -2.35. The van der Waals surface area contributed by atoms with Crippen LogP contribution in [0.5, 0.6) is 0 Å². The van der Waals surface area contributed by atoms with Gasteiger partial charge in [0.2, 0.25) is 21.8 Å². The number of sulfonamides is 1. The van der Waals surface area contributed by atoms with Crippen molar-refractivity contribution in [3.8, 4) is 0 Å². The standard InChI is InChI=1S/C32H37Cl2N3O4S/c1-23-11-9-16-26(19-23)37(42(2,40)41)22-31(38)36(21-27-28(33)17-10-18-29(27)34)30(20-24-12-5-3-6-13-24)32(39)35-25-14-7-4-8-15-25/h3,5-6,9-13,16-19,25,30H,4,7-8,14-15,20-22H2,1-2H3,(H,35,39)/t30-/m0/s1. The summed E-state index contributed by atoms with van der Waals surface area (Å²) < 4.78 is 27.0. The second-order valence-corrected chi connectivity index (χ2v) is 13.6. The van der Waals surface area contributed by atoms with Gasteiger partial charge in [-0.15, -0.1) is 0 Å². The largest absolute Gasteiger partial charge is 0.352 e. The predicted octanol–water partition coefficient (Wildman–Crippen LogP) is 6.16. The molecule has 0 bridgehead atoms. The Hall–Kier alpha value is -3.07. The van der Waals surface area contributed by atoms with Crippen molar-refractivity contribution in [2.75, 3.05) is 17.1 Å². The van der Waals surface area contributed by atoms with E-state index in [0.29, 0.717) is 21.3 Å². The van der Waals surface area contributed by atoms with Gasteiger partial charge in [0, 0.05) is 34.6 Å². The Balaban J connectivity index is 1.76. The number of carbonyl (C=O) groups excluding carboxylic acids is 2. The molecule has 1 fully saturated rings. The van der Waals surface area contributed by atoms with E-state index in [-0.39, 0.29) is 24.9 Å². The quantitative estimate of drug-likeness (QED) is 0.275. The molecule has 0 saturated heterocycles. The molecule has 2 amide bonds. The summed E-state index contributed by atoms with van der Waals surface area (Å²) >= 11 is 13.1. The lowest BCUT2D eigenvalue weighted by Crippen LogP contribution is -2.55. The molecular formula is C32H37Cl2N3O4S. The Kier molecular flexibility index (Phi) is 10.9. The smallest absolute Gasteiger partial charge is 0.244 e. The SMILES string of the molecule is Cc1cccc(N(CC(=O)N(Cc2c(Cl)cccc2Cl)[C@@H](Cc2ccccc2)C(=O)NC2CCCCC2)S(C)(=O)=O)c1. The molecule has 0 aromatic heterocycles. The highest BCUT2D eigenvalue weighted by Crippen LogP contribution is 2.28. The third kappa shape index (κ3) is 8.49. The average Bonchev–Trinajstić information content (AvgIpc) is 2.95. The Bertz CT molecular complexity index is 1470. The average molecular weight is 631 g/mol. The normalized spacial score (nSPS) is 14.7. The summed E-state index contributed by atoms with van der Waals surface area (Å²) in [6.45, 7) is 1.29. The van der Waals surface area contributed by atoms with Crippen LogP contribution < -0.4 is 9.62 Å². The van der Waals surface area contributed by atoms with Crippen LogP contribution in [0, 0.1) is 6.92 Å². The Labute approximate surface area is 258 Å². The minimum absolute atomic E-state index is 0.0187. The van der Waals surface area contributed by atoms with Crippen LogP contribution >= 0.6 is 23.2 Å². The second-order valence-electron chi connectivity index (χ2n) is 10.9. The fourth-order valence-corrected chi connectivity index (χ4v) is 6.71. The molecule has 0 spiro atoms. The first-order valence-electron chi connectivity index (χ1n) is 14.1. The van der Waals surface area contributed by atoms with Crippen molar-refractivity contribution in [3.63, 3.8) is 0 Å². The molecule has 1 N–H and O–H groups in total. The maximum absolute atomic E-state index is 14.3. The van der Waals surface area contributed by atoms with E-state index in [1.807, 2.05) is 43.3 Å². The monoisotopic (exact) mass is 629 g/mol. The van der Waals surface area contributed by atoms with E-state index in [2.05, 4.69) is 5.32 Å². The van der Waals surface area contributed by atoms with E-state index in [1.54, 1.807) is 36.4 Å². The highest BCUT2D eigenvalue weighted by atomic mass is 35.5. The predicted molar refractivity (Wildman–Crippen MR) is 169 cm³/mol. The summed E-state index contributed by atoms with van der Waals surface area (Å²) in [6, 6.07) is 20.5. The van der Waals surface area contributed by atoms with Crippen LogP contribution in [0.1, 0.15) is 48.8 Å². The van der Waals surface area contributed by atoms with Crippen LogP contribution in [-0.4, -0.2) is 50.0 Å². The summed E-state index contributed by atoms with van der Waals surface area (Å²) in [5.41, 5.74) is 2.57. The number of hydrogen-bond acceptors (Lipinski definition) is 4. The molecule has 42 heavy (non-hydrogen) atoms. The van der Waals surface area contributed by atoms with E-state index in [9.17, 15) is 18.0 Å². The lowest BCUT2D eigenvalue weighted by atomic mass is 9.94. The maximum atomic E-state index is 14.3. The van der Waals surface area contributed by atoms with Gasteiger partial charge in [-0.1, -0.05) is 91.0 Å². The lowest BCUT2D eigenvalue weighted by molar-refractivity contribution is -0.140. The molecule has 3 aromatic rings. The third-order valence-electron chi connectivity index (χ3n) is 7.58. The molecule has 0 radical (unpaired) electrons. The van der Waals surface area contributed by atoms with Crippen molar-refractivity contribution in [1.29, 1.82) is 0 Å². The summed E-state index contributed by atoms with van der Waals surface area (Å²) in [4.78, 5) is 29.7. The van der Waals surface area contributed by atoms with Gasteiger partial charge < -0.3 is 10.2 Å². The fourth-order valence-electron chi connectivity index (χ4n) is 5.35. The van der Waals surface area contributed by atoms with Gasteiger partial charge in [0.25, 0.3) is 0 Å². The van der Waals surface area contributed by atoms with Gasteiger partial charge >= 0.3 is 0 Å². The molecule has 10 heteroatoms. The van der Waals surface area contributed by atoms with Gasteiger partial charge in [0.15, 0.2) is 0 Å². The van der Waals surface area contributed by atoms with Gasteiger partial charge in [0.1, 0.15) is 12.6 Å². The molecule has 1 atom stereocenters. The zero-order chi connectivity index (χ0) is 30.3. The summed E-state index contributed by atoms with van der Waals surface area (Å²) in [5.74, 6) is -0.832.